The normalized spacial score (nSPS) is 14.5. The zero-order valence-electron chi connectivity index (χ0n) is 22.1. The quantitative estimate of drug-likeness (QED) is 0.242. The first kappa shape index (κ1) is 26.0. The second-order valence-electron chi connectivity index (χ2n) is 10.8. The maximum atomic E-state index is 14.1. The molecule has 0 saturated heterocycles. The summed E-state index contributed by atoms with van der Waals surface area (Å²) in [6, 6.07) is 12.3. The summed E-state index contributed by atoms with van der Waals surface area (Å²) in [4.78, 5) is 21.0. The summed E-state index contributed by atoms with van der Waals surface area (Å²) in [5.41, 5.74) is 3.24. The summed E-state index contributed by atoms with van der Waals surface area (Å²) in [6.45, 7) is 4.35. The second-order valence-corrected chi connectivity index (χ2v) is 12.1. The Kier molecular flexibility index (Phi) is 6.34. The first-order valence-corrected chi connectivity index (χ1v) is 14.6. The number of nitriles is 1. The van der Waals surface area contributed by atoms with Crippen LogP contribution in [0, 0.1) is 17.2 Å². The number of nitrogens with one attached hydrogen (secondary N) is 1. The third-order valence-corrected chi connectivity index (χ3v) is 8.33. The van der Waals surface area contributed by atoms with Gasteiger partial charge in [-0.3, -0.25) is 9.78 Å². The van der Waals surface area contributed by atoms with Crippen molar-refractivity contribution in [1.82, 2.24) is 14.5 Å². The monoisotopic (exact) mass is 558 g/mol. The number of benzene rings is 2. The van der Waals surface area contributed by atoms with E-state index in [0.29, 0.717) is 56.5 Å². The van der Waals surface area contributed by atoms with E-state index in [1.807, 2.05) is 19.9 Å². The van der Waals surface area contributed by atoms with Crippen molar-refractivity contribution in [2.45, 2.75) is 50.5 Å². The van der Waals surface area contributed by atoms with Gasteiger partial charge in [-0.2, -0.15) is 13.7 Å². The molecule has 6 rings (SSSR count). The number of hydrogen-bond donors (Lipinski definition) is 1. The van der Waals surface area contributed by atoms with Gasteiger partial charge in [0.05, 0.1) is 34.5 Å². The maximum absolute atomic E-state index is 14.1. The van der Waals surface area contributed by atoms with Gasteiger partial charge in [0, 0.05) is 40.5 Å². The molecule has 8 nitrogen and oxygen atoms in total. The number of aromatic amines is 1. The molecule has 0 atom stereocenters. The molecule has 40 heavy (non-hydrogen) atoms. The fraction of sp³-hybridized carbons (Fsp3) is 0.300. The highest BCUT2D eigenvalue weighted by Crippen LogP contribution is 2.40. The van der Waals surface area contributed by atoms with Gasteiger partial charge >= 0.3 is 10.2 Å². The molecule has 0 amide bonds. The first-order chi connectivity index (χ1) is 19.2. The summed E-state index contributed by atoms with van der Waals surface area (Å²) in [6.07, 6.45) is 6.41. The Morgan fingerprint density at radius 1 is 1.15 bits per heavy atom. The molecule has 0 aliphatic heterocycles. The Labute approximate surface area is 230 Å². The predicted molar refractivity (Wildman–Crippen MR) is 152 cm³/mol. The highest BCUT2D eigenvalue weighted by atomic mass is 32.3. The molecule has 204 valence electrons. The molecule has 3 aromatic heterocycles. The number of fused-ring (bicyclic) bond motifs is 4. The Morgan fingerprint density at radius 2 is 1.93 bits per heavy atom. The minimum atomic E-state index is -4.98. The number of ether oxygens (including phenoxy) is 1. The number of hydrogen-bond acceptors (Lipinski definition) is 6. The summed E-state index contributed by atoms with van der Waals surface area (Å²) in [5, 5.41) is 11.2. The van der Waals surface area contributed by atoms with Gasteiger partial charge in [0.2, 0.25) is 0 Å². The molecule has 1 saturated carbocycles. The molecule has 1 aliphatic rings. The van der Waals surface area contributed by atoms with Gasteiger partial charge in [0.15, 0.2) is 5.43 Å². The van der Waals surface area contributed by atoms with Crippen molar-refractivity contribution >= 4 is 43.1 Å². The average Bonchev–Trinajstić information content (AvgIpc) is 3.59. The SMILES string of the molecule is CC(C)COc1cc2c(=O)c3c4ccc(C#N)cc4[nH]c3n(C3CCCC3)c2cc1-c1cncc(S(=O)(=O)F)c1. The molecule has 2 aromatic carbocycles. The smallest absolute Gasteiger partial charge is 0.333 e. The number of halogens is 1. The Balaban J connectivity index is 1.73. The zero-order chi connectivity index (χ0) is 28.2. The van der Waals surface area contributed by atoms with Gasteiger partial charge in [0.1, 0.15) is 16.3 Å². The van der Waals surface area contributed by atoms with Crippen LogP contribution in [0.5, 0.6) is 5.75 Å². The van der Waals surface area contributed by atoms with Gasteiger partial charge in [-0.05, 0) is 49.1 Å². The van der Waals surface area contributed by atoms with Crippen molar-refractivity contribution in [1.29, 1.82) is 5.26 Å². The van der Waals surface area contributed by atoms with Crippen LogP contribution in [0.2, 0.25) is 0 Å². The zero-order valence-corrected chi connectivity index (χ0v) is 22.9. The van der Waals surface area contributed by atoms with E-state index in [1.165, 1.54) is 12.3 Å². The molecule has 0 radical (unpaired) electrons. The second kappa shape index (κ2) is 9.75. The van der Waals surface area contributed by atoms with Crippen molar-refractivity contribution in [2.24, 2.45) is 5.92 Å². The highest BCUT2D eigenvalue weighted by molar-refractivity contribution is 7.86. The van der Waals surface area contributed by atoms with E-state index in [0.717, 1.165) is 37.3 Å². The molecular formula is C30H27FN4O4S. The van der Waals surface area contributed by atoms with Crippen LogP contribution in [0.3, 0.4) is 0 Å². The van der Waals surface area contributed by atoms with Gasteiger partial charge in [-0.15, -0.1) is 3.89 Å². The lowest BCUT2D eigenvalue weighted by molar-refractivity contribution is 0.272. The Hall–Kier alpha value is -4.23. The number of nitrogens with zero attached hydrogens (tertiary/aromatic N) is 3. The number of H-pyrrole nitrogens is 1. The van der Waals surface area contributed by atoms with Crippen molar-refractivity contribution in [2.75, 3.05) is 6.61 Å². The number of aromatic nitrogens is 3. The van der Waals surface area contributed by atoms with E-state index >= 15 is 0 Å². The van der Waals surface area contributed by atoms with Crippen LogP contribution < -0.4 is 10.2 Å². The van der Waals surface area contributed by atoms with Crippen LogP contribution in [0.25, 0.3) is 44.0 Å². The van der Waals surface area contributed by atoms with Crippen molar-refractivity contribution in [3.05, 3.63) is 64.6 Å². The third-order valence-electron chi connectivity index (χ3n) is 7.55. The first-order valence-electron chi connectivity index (χ1n) is 13.3. The van der Waals surface area contributed by atoms with Crippen LogP contribution in [-0.4, -0.2) is 29.6 Å². The molecule has 1 N–H and O–H groups in total. The summed E-state index contributed by atoms with van der Waals surface area (Å²) >= 11 is 0. The van der Waals surface area contributed by atoms with Gasteiger partial charge in [-0.1, -0.05) is 32.8 Å². The molecular weight excluding hydrogens is 531 g/mol. The van der Waals surface area contributed by atoms with E-state index in [1.54, 1.807) is 24.3 Å². The number of pyridine rings is 2. The van der Waals surface area contributed by atoms with Crippen LogP contribution in [0.4, 0.5) is 3.89 Å². The molecule has 0 spiro atoms. The van der Waals surface area contributed by atoms with Crippen LogP contribution in [0.1, 0.15) is 51.1 Å². The third kappa shape index (κ3) is 4.40. The summed E-state index contributed by atoms with van der Waals surface area (Å²) < 4.78 is 45.6. The lowest BCUT2D eigenvalue weighted by atomic mass is 10.0. The molecule has 10 heteroatoms. The lowest BCUT2D eigenvalue weighted by Crippen LogP contribution is -2.15. The lowest BCUT2D eigenvalue weighted by Gasteiger charge is -2.22. The largest absolute Gasteiger partial charge is 0.493 e. The van der Waals surface area contributed by atoms with Gasteiger partial charge in [-0.25, -0.2) is 0 Å². The van der Waals surface area contributed by atoms with E-state index < -0.39 is 15.1 Å². The number of rotatable bonds is 6. The van der Waals surface area contributed by atoms with E-state index in [9.17, 15) is 22.4 Å². The van der Waals surface area contributed by atoms with Gasteiger partial charge < -0.3 is 14.3 Å². The summed E-state index contributed by atoms with van der Waals surface area (Å²) in [5.74, 6) is 0.567. The topological polar surface area (TPSA) is 118 Å². The molecule has 3 heterocycles. The minimum absolute atomic E-state index is 0.125. The van der Waals surface area contributed by atoms with Gasteiger partial charge in [0.25, 0.3) is 0 Å². The molecule has 5 aromatic rings. The van der Waals surface area contributed by atoms with Crippen molar-refractivity contribution in [3.8, 4) is 22.9 Å². The van der Waals surface area contributed by atoms with Crippen molar-refractivity contribution < 1.29 is 17.0 Å². The van der Waals surface area contributed by atoms with E-state index in [4.69, 9.17) is 4.74 Å². The van der Waals surface area contributed by atoms with Crippen molar-refractivity contribution in [3.63, 3.8) is 0 Å². The average molecular weight is 559 g/mol. The van der Waals surface area contributed by atoms with Crippen LogP contribution >= 0.6 is 0 Å². The molecule has 0 unspecified atom stereocenters. The van der Waals surface area contributed by atoms with E-state index in [2.05, 4.69) is 20.6 Å². The molecule has 1 aliphatic carbocycles. The maximum Gasteiger partial charge on any atom is 0.333 e. The Bertz CT molecular complexity index is 2020. The molecule has 1 fully saturated rings. The predicted octanol–water partition coefficient (Wildman–Crippen LogP) is 6.38. The van der Waals surface area contributed by atoms with Crippen LogP contribution in [-0.2, 0) is 10.2 Å². The van der Waals surface area contributed by atoms with Crippen LogP contribution in [0.15, 0.2) is 58.5 Å². The summed E-state index contributed by atoms with van der Waals surface area (Å²) in [7, 11) is -4.98. The fourth-order valence-corrected chi connectivity index (χ4v) is 6.17. The Morgan fingerprint density at radius 3 is 2.62 bits per heavy atom. The minimum Gasteiger partial charge on any atom is -0.493 e. The van der Waals surface area contributed by atoms with E-state index in [-0.39, 0.29) is 17.4 Å². The fourth-order valence-electron chi connectivity index (χ4n) is 5.71. The highest BCUT2D eigenvalue weighted by Gasteiger charge is 2.26. The molecule has 0 bridgehead atoms. The standard InChI is InChI=1S/C30H27FN4O4S/c1-17(2)16-39-27-12-24-26(11-23(27)19-10-21(15-33-14-19)40(31,37)38)35(20-5-3-4-6-20)30-28(29(24)36)22-8-7-18(13-32)9-25(22)34-30/h7-12,14-15,17,20,34H,3-6,16H2,1-2H3.